The third-order valence-corrected chi connectivity index (χ3v) is 4.08. The second-order valence-corrected chi connectivity index (χ2v) is 5.88. The van der Waals surface area contributed by atoms with Crippen LogP contribution in [0.25, 0.3) is 0 Å². The van der Waals surface area contributed by atoms with Crippen molar-refractivity contribution in [3.8, 4) is 5.75 Å². The van der Waals surface area contributed by atoms with Gasteiger partial charge in [-0.3, -0.25) is 4.79 Å². The standard InChI is InChI=1S/C17H25NO2/c1-13(2)16(14-7-9-15(20-3)10-8-14)17(19)18-11-5-4-6-12-18/h7-10,13,16H,4-6,11-12H2,1-3H3. The highest BCUT2D eigenvalue weighted by Gasteiger charge is 2.29. The largest absolute Gasteiger partial charge is 0.497 e. The van der Waals surface area contributed by atoms with Gasteiger partial charge in [0.2, 0.25) is 5.91 Å². The van der Waals surface area contributed by atoms with Gasteiger partial charge < -0.3 is 9.64 Å². The van der Waals surface area contributed by atoms with Crippen molar-refractivity contribution in [3.63, 3.8) is 0 Å². The molecule has 1 aromatic carbocycles. The predicted molar refractivity (Wildman–Crippen MR) is 81.0 cm³/mol. The van der Waals surface area contributed by atoms with E-state index in [1.807, 2.05) is 29.2 Å². The van der Waals surface area contributed by atoms with Crippen LogP contribution >= 0.6 is 0 Å². The van der Waals surface area contributed by atoms with Crippen molar-refractivity contribution in [1.82, 2.24) is 4.90 Å². The van der Waals surface area contributed by atoms with E-state index in [1.165, 1.54) is 6.42 Å². The predicted octanol–water partition coefficient (Wildman–Crippen LogP) is 3.45. The van der Waals surface area contributed by atoms with Gasteiger partial charge in [-0.25, -0.2) is 0 Å². The summed E-state index contributed by atoms with van der Waals surface area (Å²) in [6, 6.07) is 7.92. The summed E-state index contributed by atoms with van der Waals surface area (Å²) in [7, 11) is 1.66. The van der Waals surface area contributed by atoms with Gasteiger partial charge in [-0.15, -0.1) is 0 Å². The molecule has 1 aliphatic heterocycles. The van der Waals surface area contributed by atoms with E-state index in [4.69, 9.17) is 4.74 Å². The molecule has 3 heteroatoms. The zero-order valence-corrected chi connectivity index (χ0v) is 12.8. The quantitative estimate of drug-likeness (QED) is 0.842. The number of hydrogen-bond acceptors (Lipinski definition) is 2. The number of amides is 1. The molecule has 0 N–H and O–H groups in total. The molecule has 0 spiro atoms. The first-order valence-electron chi connectivity index (χ1n) is 7.56. The van der Waals surface area contributed by atoms with Gasteiger partial charge in [-0.1, -0.05) is 26.0 Å². The summed E-state index contributed by atoms with van der Waals surface area (Å²) in [5.74, 6) is 1.38. The Morgan fingerprint density at radius 2 is 1.70 bits per heavy atom. The Hall–Kier alpha value is -1.51. The fraction of sp³-hybridized carbons (Fsp3) is 0.588. The van der Waals surface area contributed by atoms with Crippen LogP contribution in [0.4, 0.5) is 0 Å². The Kier molecular flexibility index (Phi) is 5.05. The Morgan fingerprint density at radius 3 is 2.20 bits per heavy atom. The highest BCUT2D eigenvalue weighted by Crippen LogP contribution is 2.29. The normalized spacial score (nSPS) is 17.1. The maximum absolute atomic E-state index is 12.8. The first-order valence-corrected chi connectivity index (χ1v) is 7.56. The van der Waals surface area contributed by atoms with Gasteiger partial charge in [-0.05, 0) is 42.9 Å². The molecule has 0 aliphatic carbocycles. The lowest BCUT2D eigenvalue weighted by atomic mass is 9.86. The van der Waals surface area contributed by atoms with E-state index < -0.39 is 0 Å². The van der Waals surface area contributed by atoms with E-state index in [0.717, 1.165) is 37.2 Å². The smallest absolute Gasteiger partial charge is 0.230 e. The maximum atomic E-state index is 12.8. The van der Waals surface area contributed by atoms with Crippen molar-refractivity contribution in [3.05, 3.63) is 29.8 Å². The van der Waals surface area contributed by atoms with Gasteiger partial charge in [0, 0.05) is 13.1 Å². The third-order valence-electron chi connectivity index (χ3n) is 4.08. The van der Waals surface area contributed by atoms with E-state index in [9.17, 15) is 4.79 Å². The van der Waals surface area contributed by atoms with Crippen LogP contribution in [-0.2, 0) is 4.79 Å². The van der Waals surface area contributed by atoms with E-state index in [2.05, 4.69) is 13.8 Å². The third kappa shape index (κ3) is 3.33. The van der Waals surface area contributed by atoms with Crippen molar-refractivity contribution in [2.45, 2.75) is 39.0 Å². The average Bonchev–Trinajstić information content (AvgIpc) is 2.48. The highest BCUT2D eigenvalue weighted by atomic mass is 16.5. The number of nitrogens with zero attached hydrogens (tertiary/aromatic N) is 1. The first kappa shape index (κ1) is 14.9. The van der Waals surface area contributed by atoms with Crippen LogP contribution in [0.5, 0.6) is 5.75 Å². The van der Waals surface area contributed by atoms with Crippen molar-refractivity contribution in [2.24, 2.45) is 5.92 Å². The summed E-state index contributed by atoms with van der Waals surface area (Å²) < 4.78 is 5.19. The second kappa shape index (κ2) is 6.78. The Labute approximate surface area is 121 Å². The molecule has 0 bridgehead atoms. The zero-order valence-electron chi connectivity index (χ0n) is 12.8. The molecule has 2 rings (SSSR count). The molecule has 0 radical (unpaired) electrons. The summed E-state index contributed by atoms with van der Waals surface area (Å²) in [6.45, 7) is 6.07. The lowest BCUT2D eigenvalue weighted by Crippen LogP contribution is -2.40. The lowest BCUT2D eigenvalue weighted by Gasteiger charge is -2.32. The molecule has 1 saturated heterocycles. The Balaban J connectivity index is 2.18. The minimum Gasteiger partial charge on any atom is -0.497 e. The van der Waals surface area contributed by atoms with Crippen LogP contribution in [0.15, 0.2) is 24.3 Å². The molecule has 1 aliphatic rings. The summed E-state index contributed by atoms with van der Waals surface area (Å²) >= 11 is 0. The molecule has 3 nitrogen and oxygen atoms in total. The van der Waals surface area contributed by atoms with Crippen LogP contribution in [0.1, 0.15) is 44.6 Å². The molecular weight excluding hydrogens is 250 g/mol. The molecule has 110 valence electrons. The number of carbonyl (C=O) groups excluding carboxylic acids is 1. The van der Waals surface area contributed by atoms with Gasteiger partial charge in [0.1, 0.15) is 5.75 Å². The minimum atomic E-state index is -0.0426. The topological polar surface area (TPSA) is 29.5 Å². The molecule has 1 unspecified atom stereocenters. The number of likely N-dealkylation sites (tertiary alicyclic amines) is 1. The minimum absolute atomic E-state index is 0.0426. The fourth-order valence-electron chi connectivity index (χ4n) is 2.93. The van der Waals surface area contributed by atoms with Crippen LogP contribution in [-0.4, -0.2) is 31.0 Å². The van der Waals surface area contributed by atoms with Gasteiger partial charge in [0.05, 0.1) is 13.0 Å². The number of hydrogen-bond donors (Lipinski definition) is 0. The summed E-state index contributed by atoms with van der Waals surface area (Å²) in [6.07, 6.45) is 3.52. The molecule has 0 saturated carbocycles. The number of ether oxygens (including phenoxy) is 1. The van der Waals surface area contributed by atoms with E-state index in [-0.39, 0.29) is 11.8 Å². The van der Waals surface area contributed by atoms with Gasteiger partial charge in [0.25, 0.3) is 0 Å². The Bertz CT molecular complexity index is 433. The van der Waals surface area contributed by atoms with E-state index >= 15 is 0 Å². The van der Waals surface area contributed by atoms with E-state index in [1.54, 1.807) is 7.11 Å². The average molecular weight is 275 g/mol. The van der Waals surface area contributed by atoms with Crippen molar-refractivity contribution >= 4 is 5.91 Å². The molecule has 1 fully saturated rings. The fourth-order valence-corrected chi connectivity index (χ4v) is 2.93. The van der Waals surface area contributed by atoms with Crippen LogP contribution in [0, 0.1) is 5.92 Å². The monoisotopic (exact) mass is 275 g/mol. The van der Waals surface area contributed by atoms with Gasteiger partial charge in [0.15, 0.2) is 0 Å². The maximum Gasteiger partial charge on any atom is 0.230 e. The first-order chi connectivity index (χ1) is 9.63. The van der Waals surface area contributed by atoms with Crippen LogP contribution in [0.2, 0.25) is 0 Å². The molecule has 0 aromatic heterocycles. The summed E-state index contributed by atoms with van der Waals surface area (Å²) in [5, 5.41) is 0. The molecule has 1 heterocycles. The van der Waals surface area contributed by atoms with Crippen LogP contribution in [0.3, 0.4) is 0 Å². The highest BCUT2D eigenvalue weighted by molar-refractivity contribution is 5.84. The molecule has 20 heavy (non-hydrogen) atoms. The van der Waals surface area contributed by atoms with Gasteiger partial charge >= 0.3 is 0 Å². The number of carbonyl (C=O) groups is 1. The number of benzene rings is 1. The van der Waals surface area contributed by atoms with Gasteiger partial charge in [-0.2, -0.15) is 0 Å². The number of methoxy groups -OCH3 is 1. The van der Waals surface area contributed by atoms with Crippen LogP contribution < -0.4 is 4.74 Å². The molecular formula is C17H25NO2. The lowest BCUT2D eigenvalue weighted by molar-refractivity contribution is -0.134. The molecule has 1 amide bonds. The SMILES string of the molecule is COc1ccc(C(C(=O)N2CCCCC2)C(C)C)cc1. The second-order valence-electron chi connectivity index (χ2n) is 5.88. The molecule has 1 aromatic rings. The summed E-state index contributed by atoms with van der Waals surface area (Å²) in [5.41, 5.74) is 1.09. The summed E-state index contributed by atoms with van der Waals surface area (Å²) in [4.78, 5) is 14.8. The Morgan fingerprint density at radius 1 is 1.10 bits per heavy atom. The van der Waals surface area contributed by atoms with E-state index in [0.29, 0.717) is 5.92 Å². The molecule has 1 atom stereocenters. The zero-order chi connectivity index (χ0) is 14.5. The number of rotatable bonds is 4. The van der Waals surface area contributed by atoms with Crippen molar-refractivity contribution < 1.29 is 9.53 Å². The number of piperidine rings is 1. The van der Waals surface area contributed by atoms with Crippen molar-refractivity contribution in [2.75, 3.05) is 20.2 Å². The van der Waals surface area contributed by atoms with Crippen molar-refractivity contribution in [1.29, 1.82) is 0 Å².